The SMILES string of the molecule is C=CC(=O)Nc1cccc(S(=O)(=O)c2cccc(C(C)C)c2)c1. The zero-order valence-electron chi connectivity index (χ0n) is 13.1. The van der Waals surface area contributed by atoms with Gasteiger partial charge in [0.2, 0.25) is 15.7 Å². The molecule has 0 aliphatic heterocycles. The molecule has 0 bridgehead atoms. The van der Waals surface area contributed by atoms with Gasteiger partial charge in [0.05, 0.1) is 9.79 Å². The maximum absolute atomic E-state index is 12.8. The van der Waals surface area contributed by atoms with E-state index in [4.69, 9.17) is 0 Å². The lowest BCUT2D eigenvalue weighted by Gasteiger charge is -2.10. The molecule has 0 atom stereocenters. The highest BCUT2D eigenvalue weighted by molar-refractivity contribution is 7.91. The van der Waals surface area contributed by atoms with Crippen LogP contribution in [0.1, 0.15) is 25.3 Å². The van der Waals surface area contributed by atoms with Gasteiger partial charge in [0, 0.05) is 5.69 Å². The number of carbonyl (C=O) groups excluding carboxylic acids is 1. The first-order chi connectivity index (χ1) is 10.8. The standard InChI is InChI=1S/C18H19NO3S/c1-4-18(20)19-15-8-6-10-17(12-15)23(21,22)16-9-5-7-14(11-16)13(2)3/h4-13H,1H2,2-3H3,(H,19,20). The molecular weight excluding hydrogens is 310 g/mol. The number of nitrogens with one attached hydrogen (secondary N) is 1. The van der Waals surface area contributed by atoms with Gasteiger partial charge in [0.15, 0.2) is 0 Å². The molecule has 0 aromatic heterocycles. The van der Waals surface area contributed by atoms with Crippen LogP contribution in [-0.4, -0.2) is 14.3 Å². The highest BCUT2D eigenvalue weighted by atomic mass is 32.2. The molecule has 0 radical (unpaired) electrons. The fourth-order valence-electron chi connectivity index (χ4n) is 2.11. The van der Waals surface area contributed by atoms with Crippen LogP contribution < -0.4 is 5.32 Å². The smallest absolute Gasteiger partial charge is 0.247 e. The molecule has 0 heterocycles. The second kappa shape index (κ2) is 6.79. The van der Waals surface area contributed by atoms with Gasteiger partial charge in [-0.25, -0.2) is 8.42 Å². The maximum Gasteiger partial charge on any atom is 0.247 e. The number of carbonyl (C=O) groups is 1. The van der Waals surface area contributed by atoms with Crippen LogP contribution in [-0.2, 0) is 14.6 Å². The van der Waals surface area contributed by atoms with E-state index in [1.54, 1.807) is 30.3 Å². The van der Waals surface area contributed by atoms with Crippen LogP contribution in [0, 0.1) is 0 Å². The van der Waals surface area contributed by atoms with E-state index < -0.39 is 9.84 Å². The van der Waals surface area contributed by atoms with Crippen LogP contribution in [0.2, 0.25) is 0 Å². The Morgan fingerprint density at radius 1 is 1.09 bits per heavy atom. The Bertz CT molecular complexity index is 839. The highest BCUT2D eigenvalue weighted by Crippen LogP contribution is 2.26. The first kappa shape index (κ1) is 17.0. The summed E-state index contributed by atoms with van der Waals surface area (Å²) >= 11 is 0. The second-order valence-corrected chi connectivity index (χ2v) is 7.40. The molecule has 0 aliphatic rings. The summed E-state index contributed by atoms with van der Waals surface area (Å²) in [6, 6.07) is 13.1. The summed E-state index contributed by atoms with van der Waals surface area (Å²) in [5, 5.41) is 2.56. The van der Waals surface area contributed by atoms with Crippen molar-refractivity contribution in [2.24, 2.45) is 0 Å². The Labute approximate surface area is 136 Å². The number of anilines is 1. The molecule has 2 rings (SSSR count). The molecule has 1 amide bonds. The number of amides is 1. The van der Waals surface area contributed by atoms with E-state index in [9.17, 15) is 13.2 Å². The van der Waals surface area contributed by atoms with Gasteiger partial charge in [-0.1, -0.05) is 38.6 Å². The Kier molecular flexibility index (Phi) is 5.01. The lowest BCUT2D eigenvalue weighted by molar-refractivity contribution is -0.111. The topological polar surface area (TPSA) is 63.2 Å². The van der Waals surface area contributed by atoms with Crippen molar-refractivity contribution < 1.29 is 13.2 Å². The fraction of sp³-hybridized carbons (Fsp3) is 0.167. The van der Waals surface area contributed by atoms with Crippen LogP contribution in [0.25, 0.3) is 0 Å². The zero-order valence-corrected chi connectivity index (χ0v) is 13.9. The van der Waals surface area contributed by atoms with Crippen molar-refractivity contribution in [3.63, 3.8) is 0 Å². The molecule has 5 heteroatoms. The van der Waals surface area contributed by atoms with Gasteiger partial charge in [-0.2, -0.15) is 0 Å². The van der Waals surface area contributed by atoms with Crippen molar-refractivity contribution in [2.75, 3.05) is 5.32 Å². The van der Waals surface area contributed by atoms with Gasteiger partial charge in [-0.15, -0.1) is 0 Å². The van der Waals surface area contributed by atoms with E-state index >= 15 is 0 Å². The summed E-state index contributed by atoms with van der Waals surface area (Å²) < 4.78 is 25.6. The molecule has 0 aliphatic carbocycles. The molecular formula is C18H19NO3S. The van der Waals surface area contributed by atoms with Crippen molar-refractivity contribution in [2.45, 2.75) is 29.6 Å². The van der Waals surface area contributed by atoms with Crippen molar-refractivity contribution in [3.05, 3.63) is 66.7 Å². The van der Waals surface area contributed by atoms with Gasteiger partial charge in [-0.3, -0.25) is 4.79 Å². The van der Waals surface area contributed by atoms with Gasteiger partial charge < -0.3 is 5.32 Å². The lowest BCUT2D eigenvalue weighted by atomic mass is 10.0. The summed E-state index contributed by atoms with van der Waals surface area (Å²) in [7, 11) is -3.64. The molecule has 120 valence electrons. The Balaban J connectivity index is 2.44. The molecule has 23 heavy (non-hydrogen) atoms. The fourth-order valence-corrected chi connectivity index (χ4v) is 3.47. The van der Waals surface area contributed by atoms with Gasteiger partial charge in [0.1, 0.15) is 0 Å². The summed E-state index contributed by atoms with van der Waals surface area (Å²) in [5.41, 5.74) is 1.37. The lowest BCUT2D eigenvalue weighted by Crippen LogP contribution is -2.09. The largest absolute Gasteiger partial charge is 0.322 e. The molecule has 0 unspecified atom stereocenters. The van der Waals surface area contributed by atoms with Gasteiger partial charge >= 0.3 is 0 Å². The van der Waals surface area contributed by atoms with E-state index in [0.717, 1.165) is 11.6 Å². The molecule has 2 aromatic rings. The number of hydrogen-bond acceptors (Lipinski definition) is 3. The van der Waals surface area contributed by atoms with Crippen LogP contribution in [0.4, 0.5) is 5.69 Å². The van der Waals surface area contributed by atoms with Crippen LogP contribution in [0.5, 0.6) is 0 Å². The van der Waals surface area contributed by atoms with E-state index in [0.29, 0.717) is 5.69 Å². The van der Waals surface area contributed by atoms with Crippen molar-refractivity contribution in [3.8, 4) is 0 Å². The first-order valence-corrected chi connectivity index (χ1v) is 8.71. The maximum atomic E-state index is 12.8. The molecule has 0 saturated carbocycles. The van der Waals surface area contributed by atoms with Gasteiger partial charge in [0.25, 0.3) is 0 Å². The monoisotopic (exact) mass is 329 g/mol. The third-order valence-corrected chi connectivity index (χ3v) is 5.18. The third kappa shape index (κ3) is 3.87. The number of rotatable bonds is 5. The summed E-state index contributed by atoms with van der Waals surface area (Å²) in [4.78, 5) is 11.7. The highest BCUT2D eigenvalue weighted by Gasteiger charge is 2.19. The van der Waals surface area contributed by atoms with E-state index in [1.807, 2.05) is 19.9 Å². The zero-order chi connectivity index (χ0) is 17.0. The minimum atomic E-state index is -3.64. The average molecular weight is 329 g/mol. The van der Waals surface area contributed by atoms with E-state index in [2.05, 4.69) is 11.9 Å². The van der Waals surface area contributed by atoms with Crippen molar-refractivity contribution in [1.82, 2.24) is 0 Å². The van der Waals surface area contributed by atoms with E-state index in [-0.39, 0.29) is 21.6 Å². The Morgan fingerprint density at radius 3 is 2.30 bits per heavy atom. The Morgan fingerprint density at radius 2 is 1.70 bits per heavy atom. The molecule has 1 N–H and O–H groups in total. The molecule has 0 saturated heterocycles. The number of hydrogen-bond donors (Lipinski definition) is 1. The van der Waals surface area contributed by atoms with Crippen molar-refractivity contribution in [1.29, 1.82) is 0 Å². The summed E-state index contributed by atoms with van der Waals surface area (Å²) in [6.45, 7) is 7.39. The minimum absolute atomic E-state index is 0.139. The average Bonchev–Trinajstić information content (AvgIpc) is 2.55. The normalized spacial score (nSPS) is 11.3. The van der Waals surface area contributed by atoms with E-state index in [1.165, 1.54) is 12.1 Å². The summed E-state index contributed by atoms with van der Waals surface area (Å²) in [5.74, 6) is -0.148. The summed E-state index contributed by atoms with van der Waals surface area (Å²) in [6.07, 6.45) is 1.13. The van der Waals surface area contributed by atoms with Crippen molar-refractivity contribution >= 4 is 21.4 Å². The quantitative estimate of drug-likeness (QED) is 0.849. The predicted molar refractivity (Wildman–Crippen MR) is 91.3 cm³/mol. The number of sulfone groups is 1. The minimum Gasteiger partial charge on any atom is -0.322 e. The molecule has 0 spiro atoms. The Hall–Kier alpha value is -2.40. The van der Waals surface area contributed by atoms with Crippen LogP contribution in [0.15, 0.2) is 71.0 Å². The van der Waals surface area contributed by atoms with Gasteiger partial charge in [-0.05, 0) is 47.9 Å². The van der Waals surface area contributed by atoms with Crippen LogP contribution >= 0.6 is 0 Å². The first-order valence-electron chi connectivity index (χ1n) is 7.23. The third-order valence-electron chi connectivity index (χ3n) is 3.43. The predicted octanol–water partition coefficient (Wildman–Crippen LogP) is 3.77. The molecule has 2 aromatic carbocycles. The number of benzene rings is 2. The molecule has 0 fully saturated rings. The molecule has 4 nitrogen and oxygen atoms in total. The van der Waals surface area contributed by atoms with Crippen LogP contribution in [0.3, 0.4) is 0 Å². The second-order valence-electron chi connectivity index (χ2n) is 5.45.